The van der Waals surface area contributed by atoms with Crippen LogP contribution in [-0.2, 0) is 6.54 Å². The van der Waals surface area contributed by atoms with Gasteiger partial charge < -0.3 is 15.0 Å². The highest BCUT2D eigenvalue weighted by Gasteiger charge is 2.12. The van der Waals surface area contributed by atoms with Gasteiger partial charge in [0, 0.05) is 5.56 Å². The Kier molecular flexibility index (Phi) is 2.94. The summed E-state index contributed by atoms with van der Waals surface area (Å²) in [6.45, 7) is 0.288. The highest BCUT2D eigenvalue weighted by molar-refractivity contribution is 5.81. The van der Waals surface area contributed by atoms with Crippen molar-refractivity contribution in [2.24, 2.45) is 0 Å². The van der Waals surface area contributed by atoms with Gasteiger partial charge in [0.15, 0.2) is 23.0 Å². The molecule has 0 amide bonds. The van der Waals surface area contributed by atoms with Gasteiger partial charge in [0.25, 0.3) is 0 Å². The van der Waals surface area contributed by atoms with Crippen molar-refractivity contribution in [1.82, 2.24) is 19.5 Å². The molecule has 0 saturated heterocycles. The standard InChI is InChI=1S/C13H12FN5O/c1-20-9-4-2-3-8(10(9)14)5-19-7-18-11-12(15)16-6-17-13(11)19/h2-4,6-7H,5H2,1H3,(H2,15,16,17). The van der Waals surface area contributed by atoms with E-state index in [2.05, 4.69) is 15.0 Å². The van der Waals surface area contributed by atoms with Crippen LogP contribution in [0.25, 0.3) is 11.2 Å². The van der Waals surface area contributed by atoms with Crippen molar-refractivity contribution in [2.45, 2.75) is 6.54 Å². The summed E-state index contributed by atoms with van der Waals surface area (Å²) in [5.74, 6) is 0.125. The topological polar surface area (TPSA) is 78.9 Å². The predicted molar refractivity (Wildman–Crippen MR) is 71.8 cm³/mol. The van der Waals surface area contributed by atoms with E-state index in [9.17, 15) is 4.39 Å². The molecule has 2 N–H and O–H groups in total. The third-order valence-corrected chi connectivity index (χ3v) is 3.03. The molecule has 0 fully saturated rings. The molecule has 20 heavy (non-hydrogen) atoms. The van der Waals surface area contributed by atoms with Crippen molar-refractivity contribution in [3.63, 3.8) is 0 Å². The minimum atomic E-state index is -0.390. The average molecular weight is 273 g/mol. The number of anilines is 1. The number of nitrogens with zero attached hydrogens (tertiary/aromatic N) is 4. The lowest BCUT2D eigenvalue weighted by molar-refractivity contribution is 0.383. The van der Waals surface area contributed by atoms with Gasteiger partial charge in [-0.25, -0.2) is 19.3 Å². The van der Waals surface area contributed by atoms with Crippen LogP contribution in [0.15, 0.2) is 30.9 Å². The minimum Gasteiger partial charge on any atom is -0.494 e. The molecule has 6 nitrogen and oxygen atoms in total. The maximum absolute atomic E-state index is 14.1. The number of nitrogens with two attached hydrogens (primary N) is 1. The molecule has 2 aromatic heterocycles. The summed E-state index contributed by atoms with van der Waals surface area (Å²) in [5, 5.41) is 0. The third kappa shape index (κ3) is 1.93. The zero-order valence-electron chi connectivity index (χ0n) is 10.7. The SMILES string of the molecule is COc1cccc(Cn2cnc3c(N)ncnc32)c1F. The molecule has 0 aliphatic heterocycles. The van der Waals surface area contributed by atoms with Crippen LogP contribution in [0.3, 0.4) is 0 Å². The number of aromatic nitrogens is 4. The van der Waals surface area contributed by atoms with Crippen LogP contribution in [0.1, 0.15) is 5.56 Å². The highest BCUT2D eigenvalue weighted by Crippen LogP contribution is 2.22. The lowest BCUT2D eigenvalue weighted by Crippen LogP contribution is -2.03. The van der Waals surface area contributed by atoms with Crippen LogP contribution in [-0.4, -0.2) is 26.6 Å². The van der Waals surface area contributed by atoms with Gasteiger partial charge in [0.1, 0.15) is 11.8 Å². The van der Waals surface area contributed by atoms with Crippen molar-refractivity contribution in [3.05, 3.63) is 42.2 Å². The molecule has 0 atom stereocenters. The van der Waals surface area contributed by atoms with Gasteiger partial charge in [-0.05, 0) is 6.07 Å². The molecule has 0 saturated carbocycles. The Morgan fingerprint density at radius 3 is 2.95 bits per heavy atom. The Morgan fingerprint density at radius 1 is 1.30 bits per heavy atom. The number of fused-ring (bicyclic) bond motifs is 1. The van der Waals surface area contributed by atoms with Crippen LogP contribution in [0.5, 0.6) is 5.75 Å². The van der Waals surface area contributed by atoms with Crippen LogP contribution >= 0.6 is 0 Å². The number of ether oxygens (including phenoxy) is 1. The lowest BCUT2D eigenvalue weighted by atomic mass is 10.2. The molecule has 0 aliphatic rings. The zero-order chi connectivity index (χ0) is 14.1. The van der Waals surface area contributed by atoms with Crippen molar-refractivity contribution in [2.75, 3.05) is 12.8 Å². The van der Waals surface area contributed by atoms with E-state index < -0.39 is 0 Å². The first-order valence-corrected chi connectivity index (χ1v) is 5.93. The smallest absolute Gasteiger partial charge is 0.170 e. The van der Waals surface area contributed by atoms with Crippen LogP contribution < -0.4 is 10.5 Å². The first-order chi connectivity index (χ1) is 9.70. The Morgan fingerprint density at radius 2 is 2.15 bits per heavy atom. The molecule has 3 rings (SSSR count). The van der Waals surface area contributed by atoms with Gasteiger partial charge in [0.2, 0.25) is 0 Å². The van der Waals surface area contributed by atoms with Gasteiger partial charge in [0.05, 0.1) is 20.0 Å². The van der Waals surface area contributed by atoms with E-state index >= 15 is 0 Å². The van der Waals surface area contributed by atoms with E-state index in [1.165, 1.54) is 13.4 Å². The molecule has 0 unspecified atom stereocenters. The molecule has 0 aliphatic carbocycles. The van der Waals surface area contributed by atoms with Crippen molar-refractivity contribution < 1.29 is 9.13 Å². The summed E-state index contributed by atoms with van der Waals surface area (Å²) in [6.07, 6.45) is 2.92. The summed E-state index contributed by atoms with van der Waals surface area (Å²) in [5.41, 5.74) is 7.28. The number of hydrogen-bond acceptors (Lipinski definition) is 5. The summed E-state index contributed by atoms with van der Waals surface area (Å²) in [7, 11) is 1.43. The fraction of sp³-hybridized carbons (Fsp3) is 0.154. The molecule has 2 heterocycles. The second-order valence-corrected chi connectivity index (χ2v) is 4.24. The summed E-state index contributed by atoms with van der Waals surface area (Å²) >= 11 is 0. The number of methoxy groups -OCH3 is 1. The molecule has 0 bridgehead atoms. The Hall–Kier alpha value is -2.70. The zero-order valence-corrected chi connectivity index (χ0v) is 10.7. The maximum atomic E-state index is 14.1. The van der Waals surface area contributed by atoms with E-state index in [0.29, 0.717) is 22.5 Å². The van der Waals surface area contributed by atoms with Crippen LogP contribution in [0.2, 0.25) is 0 Å². The number of imidazole rings is 1. The van der Waals surface area contributed by atoms with Crippen molar-refractivity contribution >= 4 is 17.0 Å². The fourth-order valence-electron chi connectivity index (χ4n) is 2.03. The number of nitrogen functional groups attached to an aromatic ring is 1. The average Bonchev–Trinajstić information content (AvgIpc) is 2.86. The van der Waals surface area contributed by atoms with Gasteiger partial charge >= 0.3 is 0 Å². The molecule has 0 spiro atoms. The molecular weight excluding hydrogens is 261 g/mol. The summed E-state index contributed by atoms with van der Waals surface area (Å²) in [6, 6.07) is 5.00. The lowest BCUT2D eigenvalue weighted by Gasteiger charge is -2.08. The summed E-state index contributed by atoms with van der Waals surface area (Å²) < 4.78 is 20.8. The first kappa shape index (κ1) is 12.3. The first-order valence-electron chi connectivity index (χ1n) is 5.93. The highest BCUT2D eigenvalue weighted by atomic mass is 19.1. The largest absolute Gasteiger partial charge is 0.494 e. The molecule has 3 aromatic rings. The molecule has 102 valence electrons. The van der Waals surface area contributed by atoms with E-state index in [0.717, 1.165) is 0 Å². The minimum absolute atomic E-state index is 0.209. The normalized spacial score (nSPS) is 10.9. The van der Waals surface area contributed by atoms with Crippen LogP contribution in [0, 0.1) is 5.82 Å². The molecule has 7 heteroatoms. The van der Waals surface area contributed by atoms with Crippen LogP contribution in [0.4, 0.5) is 10.2 Å². The van der Waals surface area contributed by atoms with E-state index in [-0.39, 0.29) is 18.1 Å². The number of halogens is 1. The Labute approximate surface area is 114 Å². The van der Waals surface area contributed by atoms with E-state index in [1.807, 2.05) is 0 Å². The van der Waals surface area contributed by atoms with Gasteiger partial charge in [-0.3, -0.25) is 0 Å². The predicted octanol–water partition coefficient (Wildman–Crippen LogP) is 1.60. The van der Waals surface area contributed by atoms with E-state index in [4.69, 9.17) is 10.5 Å². The quantitative estimate of drug-likeness (QED) is 0.784. The van der Waals surface area contributed by atoms with Gasteiger partial charge in [-0.2, -0.15) is 0 Å². The second-order valence-electron chi connectivity index (χ2n) is 4.24. The van der Waals surface area contributed by atoms with Gasteiger partial charge in [-0.1, -0.05) is 12.1 Å². The van der Waals surface area contributed by atoms with Gasteiger partial charge in [-0.15, -0.1) is 0 Å². The summed E-state index contributed by atoms with van der Waals surface area (Å²) in [4.78, 5) is 12.1. The maximum Gasteiger partial charge on any atom is 0.170 e. The molecule has 1 aromatic carbocycles. The number of hydrogen-bond donors (Lipinski definition) is 1. The van der Waals surface area contributed by atoms with E-state index in [1.54, 1.807) is 29.1 Å². The third-order valence-electron chi connectivity index (χ3n) is 3.03. The van der Waals surface area contributed by atoms with Crippen molar-refractivity contribution in [3.8, 4) is 5.75 Å². The Bertz CT molecular complexity index is 771. The number of benzene rings is 1. The van der Waals surface area contributed by atoms with Crippen molar-refractivity contribution in [1.29, 1.82) is 0 Å². The molecule has 0 radical (unpaired) electrons. The molecular formula is C13H12FN5O. The fourth-order valence-corrected chi connectivity index (χ4v) is 2.03. The monoisotopic (exact) mass is 273 g/mol. The Balaban J connectivity index is 2.04. The second kappa shape index (κ2) is 4.76. The number of rotatable bonds is 3.